The molecule has 3 aromatic rings. The van der Waals surface area contributed by atoms with Gasteiger partial charge in [0, 0.05) is 13.2 Å². The highest BCUT2D eigenvalue weighted by Gasteiger charge is 2.16. The Kier molecular flexibility index (Phi) is 5.43. The third-order valence-electron chi connectivity index (χ3n) is 3.50. The zero-order valence-electron chi connectivity index (χ0n) is 13.5. The van der Waals surface area contributed by atoms with E-state index in [-0.39, 0.29) is 23.9 Å². The fourth-order valence-corrected chi connectivity index (χ4v) is 2.68. The van der Waals surface area contributed by atoms with Crippen molar-refractivity contribution in [1.29, 1.82) is 0 Å². The molecule has 0 aliphatic carbocycles. The van der Waals surface area contributed by atoms with Crippen molar-refractivity contribution in [1.82, 2.24) is 25.1 Å². The molecule has 3 rings (SSSR count). The van der Waals surface area contributed by atoms with E-state index in [1.165, 1.54) is 24.4 Å². The topological polar surface area (TPSA) is 84.8 Å². The van der Waals surface area contributed by atoms with E-state index in [2.05, 4.69) is 36.4 Å². The van der Waals surface area contributed by atoms with Crippen LogP contribution in [0.15, 0.2) is 41.0 Å². The Morgan fingerprint density at radius 3 is 2.96 bits per heavy atom. The van der Waals surface area contributed by atoms with Gasteiger partial charge in [-0.2, -0.15) is 5.10 Å². The molecule has 0 spiro atoms. The lowest BCUT2D eigenvalue weighted by molar-refractivity contribution is 0.0946. The number of aromatic nitrogens is 4. The number of benzene rings is 1. The summed E-state index contributed by atoms with van der Waals surface area (Å²) in [6.45, 7) is 0.178. The van der Waals surface area contributed by atoms with Crippen LogP contribution in [0.3, 0.4) is 0 Å². The number of halogens is 2. The monoisotopic (exact) mass is 437 g/mol. The van der Waals surface area contributed by atoms with Gasteiger partial charge in [-0.15, -0.1) is 0 Å². The highest BCUT2D eigenvalue weighted by atomic mass is 79.9. The second kappa shape index (κ2) is 7.75. The Hall–Kier alpha value is -2.59. The van der Waals surface area contributed by atoms with E-state index in [4.69, 9.17) is 17.0 Å². The number of carbonyl (C=O) groups is 1. The van der Waals surface area contributed by atoms with E-state index in [0.29, 0.717) is 20.8 Å². The smallest absolute Gasteiger partial charge is 0.257 e. The van der Waals surface area contributed by atoms with Crippen molar-refractivity contribution < 1.29 is 13.9 Å². The Labute approximate surface area is 161 Å². The molecule has 0 radical (unpaired) electrons. The first-order valence-corrected chi connectivity index (χ1v) is 8.62. The van der Waals surface area contributed by atoms with Gasteiger partial charge in [-0.3, -0.25) is 9.89 Å². The van der Waals surface area contributed by atoms with Crippen molar-refractivity contribution in [2.45, 2.75) is 6.54 Å². The number of hydrogen-bond acceptors (Lipinski definition) is 5. The fourth-order valence-electron chi connectivity index (χ4n) is 2.10. The van der Waals surface area contributed by atoms with Crippen LogP contribution in [-0.2, 0) is 13.6 Å². The Balaban J connectivity index is 1.78. The molecule has 0 fully saturated rings. The summed E-state index contributed by atoms with van der Waals surface area (Å²) in [5.74, 6) is 0.230. The quantitative estimate of drug-likeness (QED) is 0.596. The third-order valence-corrected chi connectivity index (χ3v) is 4.48. The zero-order chi connectivity index (χ0) is 18.7. The molecule has 0 bridgehead atoms. The molecular weight excluding hydrogens is 425 g/mol. The molecular formula is C16H13BrFN5O2S. The molecule has 0 saturated carbocycles. The minimum absolute atomic E-state index is 0.104. The van der Waals surface area contributed by atoms with E-state index >= 15 is 0 Å². The predicted octanol–water partition coefficient (Wildman–Crippen LogP) is 3.50. The summed E-state index contributed by atoms with van der Waals surface area (Å²) >= 11 is 8.25. The fraction of sp³-hybridized carbons (Fsp3) is 0.125. The van der Waals surface area contributed by atoms with Crippen LogP contribution in [-0.4, -0.2) is 25.7 Å². The van der Waals surface area contributed by atoms with Gasteiger partial charge in [0.2, 0.25) is 5.88 Å². The van der Waals surface area contributed by atoms with Crippen LogP contribution in [0, 0.1) is 10.6 Å². The summed E-state index contributed by atoms with van der Waals surface area (Å²) < 4.78 is 21.4. The molecule has 0 saturated heterocycles. The van der Waals surface area contributed by atoms with Gasteiger partial charge < -0.3 is 14.6 Å². The van der Waals surface area contributed by atoms with E-state index < -0.39 is 5.82 Å². The summed E-state index contributed by atoms with van der Waals surface area (Å²) in [5.41, 5.74) is 0.237. The molecule has 1 aromatic carbocycles. The first kappa shape index (κ1) is 18.2. The third kappa shape index (κ3) is 3.97. The van der Waals surface area contributed by atoms with Crippen LogP contribution in [0.5, 0.6) is 11.6 Å². The average Bonchev–Trinajstić information content (AvgIpc) is 2.94. The maximum absolute atomic E-state index is 13.2. The van der Waals surface area contributed by atoms with Gasteiger partial charge in [0.25, 0.3) is 5.91 Å². The zero-order valence-corrected chi connectivity index (χ0v) is 15.9. The van der Waals surface area contributed by atoms with Gasteiger partial charge in [-0.25, -0.2) is 9.37 Å². The van der Waals surface area contributed by atoms with Crippen molar-refractivity contribution in [2.24, 2.45) is 7.05 Å². The SMILES string of the molecule is Cn1c(CNC(=O)c2cccnc2Oc2ccc(F)cc2Br)n[nH]c1=S. The van der Waals surface area contributed by atoms with Crippen molar-refractivity contribution in [3.8, 4) is 11.6 Å². The maximum atomic E-state index is 13.2. The minimum Gasteiger partial charge on any atom is -0.437 e. The first-order valence-electron chi connectivity index (χ1n) is 7.42. The van der Waals surface area contributed by atoms with E-state index in [1.807, 2.05) is 0 Å². The molecule has 2 N–H and O–H groups in total. The Morgan fingerprint density at radius 1 is 1.46 bits per heavy atom. The first-order chi connectivity index (χ1) is 12.5. The highest BCUT2D eigenvalue weighted by molar-refractivity contribution is 9.10. The van der Waals surface area contributed by atoms with E-state index in [1.54, 1.807) is 23.7 Å². The second-order valence-electron chi connectivity index (χ2n) is 5.22. The molecule has 1 amide bonds. The van der Waals surface area contributed by atoms with Crippen molar-refractivity contribution in [3.63, 3.8) is 0 Å². The molecule has 0 unspecified atom stereocenters. The van der Waals surface area contributed by atoms with Crippen molar-refractivity contribution >= 4 is 34.1 Å². The number of nitrogens with zero attached hydrogens (tertiary/aromatic N) is 3. The molecule has 0 atom stereocenters. The van der Waals surface area contributed by atoms with Gasteiger partial charge in [-0.05, 0) is 58.5 Å². The van der Waals surface area contributed by atoms with Gasteiger partial charge in [-0.1, -0.05) is 0 Å². The molecule has 2 heterocycles. The normalized spacial score (nSPS) is 10.6. The largest absolute Gasteiger partial charge is 0.437 e. The summed E-state index contributed by atoms with van der Waals surface area (Å²) in [5, 5.41) is 9.42. The average molecular weight is 438 g/mol. The van der Waals surface area contributed by atoms with Gasteiger partial charge in [0.05, 0.1) is 11.0 Å². The van der Waals surface area contributed by atoms with E-state index in [9.17, 15) is 9.18 Å². The molecule has 0 aliphatic heterocycles. The van der Waals surface area contributed by atoms with Crippen LogP contribution >= 0.6 is 28.1 Å². The van der Waals surface area contributed by atoms with Crippen LogP contribution in [0.25, 0.3) is 0 Å². The van der Waals surface area contributed by atoms with Crippen LogP contribution in [0.2, 0.25) is 0 Å². The number of ether oxygens (including phenoxy) is 1. The number of nitrogens with one attached hydrogen (secondary N) is 2. The number of aromatic amines is 1. The summed E-state index contributed by atoms with van der Waals surface area (Å²) in [6, 6.07) is 7.18. The highest BCUT2D eigenvalue weighted by Crippen LogP contribution is 2.30. The number of rotatable bonds is 5. The Bertz CT molecular complexity index is 1020. The van der Waals surface area contributed by atoms with Crippen molar-refractivity contribution in [3.05, 3.63) is 63.0 Å². The molecule has 0 aliphatic rings. The van der Waals surface area contributed by atoms with Gasteiger partial charge >= 0.3 is 0 Å². The predicted molar refractivity (Wildman–Crippen MR) is 98.0 cm³/mol. The van der Waals surface area contributed by atoms with Crippen LogP contribution in [0.4, 0.5) is 4.39 Å². The molecule has 26 heavy (non-hydrogen) atoms. The number of hydrogen-bond donors (Lipinski definition) is 2. The second-order valence-corrected chi connectivity index (χ2v) is 6.46. The minimum atomic E-state index is -0.406. The summed E-state index contributed by atoms with van der Waals surface area (Å²) in [6.07, 6.45) is 1.50. The lowest BCUT2D eigenvalue weighted by atomic mass is 10.2. The van der Waals surface area contributed by atoms with E-state index in [0.717, 1.165) is 0 Å². The lowest BCUT2D eigenvalue weighted by Crippen LogP contribution is -2.25. The van der Waals surface area contributed by atoms with Gasteiger partial charge in [0.1, 0.15) is 17.1 Å². The Morgan fingerprint density at radius 2 is 2.27 bits per heavy atom. The lowest BCUT2D eigenvalue weighted by Gasteiger charge is -2.11. The van der Waals surface area contributed by atoms with Crippen molar-refractivity contribution in [2.75, 3.05) is 0 Å². The molecule has 10 heteroatoms. The number of amides is 1. The molecule has 134 valence electrons. The summed E-state index contributed by atoms with van der Waals surface area (Å²) in [7, 11) is 1.75. The standard InChI is InChI=1S/C16H13BrFN5O2S/c1-23-13(21-22-16(23)26)8-20-14(24)10-3-2-6-19-15(10)25-12-5-4-9(18)7-11(12)17/h2-7H,8H2,1H3,(H,20,24)(H,22,26). The summed E-state index contributed by atoms with van der Waals surface area (Å²) in [4.78, 5) is 16.6. The van der Waals surface area contributed by atoms with Crippen LogP contribution in [0.1, 0.15) is 16.2 Å². The van der Waals surface area contributed by atoms with Gasteiger partial charge in [0.15, 0.2) is 10.6 Å². The number of carbonyl (C=O) groups excluding carboxylic acids is 1. The number of pyridine rings is 1. The molecule has 7 nitrogen and oxygen atoms in total. The van der Waals surface area contributed by atoms with Crippen LogP contribution < -0.4 is 10.1 Å². The maximum Gasteiger partial charge on any atom is 0.257 e. The molecule has 2 aromatic heterocycles. The number of H-pyrrole nitrogens is 1.